The van der Waals surface area contributed by atoms with Crippen LogP contribution >= 0.6 is 23.2 Å². The van der Waals surface area contributed by atoms with Gasteiger partial charge in [-0.2, -0.15) is 0 Å². The predicted molar refractivity (Wildman–Crippen MR) is 68.9 cm³/mol. The van der Waals surface area contributed by atoms with Crippen LogP contribution in [0.1, 0.15) is 18.4 Å². The Balaban J connectivity index is 2.16. The fourth-order valence-corrected chi connectivity index (χ4v) is 2.67. The molecule has 0 radical (unpaired) electrons. The molecular formula is C12H15Cl2FN2. The highest BCUT2D eigenvalue weighted by atomic mass is 35.5. The molecule has 1 aliphatic heterocycles. The summed E-state index contributed by atoms with van der Waals surface area (Å²) in [6.07, 6.45) is 2.26. The van der Waals surface area contributed by atoms with E-state index in [2.05, 4.69) is 4.90 Å². The van der Waals surface area contributed by atoms with Crippen LogP contribution in [0.15, 0.2) is 12.1 Å². The van der Waals surface area contributed by atoms with Crippen LogP contribution in [0.5, 0.6) is 0 Å². The fraction of sp³-hybridized carbons (Fsp3) is 0.500. The molecule has 2 rings (SSSR count). The monoisotopic (exact) mass is 276 g/mol. The number of benzene rings is 1. The van der Waals surface area contributed by atoms with Crippen molar-refractivity contribution in [2.45, 2.75) is 25.4 Å². The minimum Gasteiger partial charge on any atom is -0.329 e. The second-order valence-electron chi connectivity index (χ2n) is 4.34. The van der Waals surface area contributed by atoms with Crippen LogP contribution in [0.3, 0.4) is 0 Å². The SMILES string of the molecule is NCC1CCCN1Cc1ccc(F)c(Cl)c1Cl. The van der Waals surface area contributed by atoms with Gasteiger partial charge in [0.25, 0.3) is 0 Å². The van der Waals surface area contributed by atoms with E-state index in [-0.39, 0.29) is 5.02 Å². The first-order chi connectivity index (χ1) is 8.13. The summed E-state index contributed by atoms with van der Waals surface area (Å²) in [5, 5.41) is 0.321. The highest BCUT2D eigenvalue weighted by molar-refractivity contribution is 6.42. The van der Waals surface area contributed by atoms with Crippen LogP contribution in [0.4, 0.5) is 4.39 Å². The number of likely N-dealkylation sites (tertiary alicyclic amines) is 1. The summed E-state index contributed by atoms with van der Waals surface area (Å²) >= 11 is 11.8. The average Bonchev–Trinajstić information content (AvgIpc) is 2.77. The normalized spacial score (nSPS) is 21.1. The van der Waals surface area contributed by atoms with Gasteiger partial charge in [0.1, 0.15) is 5.82 Å². The maximum absolute atomic E-state index is 13.2. The zero-order valence-electron chi connectivity index (χ0n) is 9.43. The van der Waals surface area contributed by atoms with Gasteiger partial charge in [0.05, 0.1) is 10.0 Å². The quantitative estimate of drug-likeness (QED) is 0.860. The lowest BCUT2D eigenvalue weighted by atomic mass is 10.1. The molecule has 1 saturated heterocycles. The molecule has 1 aromatic rings. The van der Waals surface area contributed by atoms with E-state index < -0.39 is 5.82 Å². The Bertz CT molecular complexity index is 412. The number of nitrogens with zero attached hydrogens (tertiary/aromatic N) is 1. The summed E-state index contributed by atoms with van der Waals surface area (Å²) in [4.78, 5) is 2.27. The van der Waals surface area contributed by atoms with Crippen LogP contribution in [0, 0.1) is 5.82 Å². The number of hydrogen-bond donors (Lipinski definition) is 1. The van der Waals surface area contributed by atoms with Crippen LogP contribution in [-0.4, -0.2) is 24.0 Å². The molecule has 0 bridgehead atoms. The molecule has 0 aromatic heterocycles. The minimum absolute atomic E-state index is 0.00709. The van der Waals surface area contributed by atoms with Gasteiger partial charge in [-0.25, -0.2) is 4.39 Å². The molecule has 1 unspecified atom stereocenters. The van der Waals surface area contributed by atoms with Gasteiger partial charge in [-0.05, 0) is 31.0 Å². The summed E-state index contributed by atoms with van der Waals surface area (Å²) in [5.41, 5.74) is 6.57. The smallest absolute Gasteiger partial charge is 0.143 e. The summed E-state index contributed by atoms with van der Waals surface area (Å²) in [5.74, 6) is -0.475. The number of halogens is 3. The van der Waals surface area contributed by atoms with Gasteiger partial charge in [0.15, 0.2) is 0 Å². The van der Waals surface area contributed by atoms with Crippen molar-refractivity contribution in [3.8, 4) is 0 Å². The summed E-state index contributed by atoms with van der Waals surface area (Å²) < 4.78 is 13.2. The van der Waals surface area contributed by atoms with Crippen molar-refractivity contribution in [2.24, 2.45) is 5.73 Å². The van der Waals surface area contributed by atoms with Gasteiger partial charge in [-0.15, -0.1) is 0 Å². The predicted octanol–water partition coefficient (Wildman–Crippen LogP) is 3.06. The van der Waals surface area contributed by atoms with Crippen molar-refractivity contribution in [1.29, 1.82) is 0 Å². The molecule has 2 N–H and O–H groups in total. The summed E-state index contributed by atoms with van der Waals surface area (Å²) in [6.45, 7) is 2.33. The van der Waals surface area contributed by atoms with Gasteiger partial charge >= 0.3 is 0 Å². The highest BCUT2D eigenvalue weighted by Crippen LogP contribution is 2.30. The zero-order chi connectivity index (χ0) is 12.4. The first kappa shape index (κ1) is 13.1. The molecule has 1 aromatic carbocycles. The minimum atomic E-state index is -0.475. The first-order valence-electron chi connectivity index (χ1n) is 5.70. The second kappa shape index (κ2) is 5.53. The van der Waals surface area contributed by atoms with Crippen molar-refractivity contribution in [3.63, 3.8) is 0 Å². The number of rotatable bonds is 3. The molecule has 5 heteroatoms. The van der Waals surface area contributed by atoms with Gasteiger partial charge in [0, 0.05) is 19.1 Å². The van der Waals surface area contributed by atoms with Crippen molar-refractivity contribution < 1.29 is 4.39 Å². The third-order valence-corrected chi connectivity index (χ3v) is 4.16. The van der Waals surface area contributed by atoms with Crippen molar-refractivity contribution in [1.82, 2.24) is 4.90 Å². The Kier molecular flexibility index (Phi) is 4.26. The standard InChI is InChI=1S/C12H15Cl2FN2/c13-11-8(3-4-10(15)12(11)14)7-17-5-1-2-9(17)6-16/h3-4,9H,1-2,5-7,16H2. The Hall–Kier alpha value is -0.350. The third kappa shape index (κ3) is 2.74. The van der Waals surface area contributed by atoms with E-state index in [0.717, 1.165) is 24.9 Å². The highest BCUT2D eigenvalue weighted by Gasteiger charge is 2.24. The summed E-state index contributed by atoms with van der Waals surface area (Å²) in [7, 11) is 0. The molecule has 17 heavy (non-hydrogen) atoms. The van der Waals surface area contributed by atoms with E-state index in [0.29, 0.717) is 24.2 Å². The maximum atomic E-state index is 13.2. The molecule has 1 fully saturated rings. The van der Waals surface area contributed by atoms with Gasteiger partial charge in [0.2, 0.25) is 0 Å². The Morgan fingerprint density at radius 2 is 2.12 bits per heavy atom. The summed E-state index contributed by atoms with van der Waals surface area (Å²) in [6, 6.07) is 3.45. The van der Waals surface area contributed by atoms with Crippen molar-refractivity contribution in [3.05, 3.63) is 33.6 Å². The molecule has 0 saturated carbocycles. The van der Waals surface area contributed by atoms with E-state index in [4.69, 9.17) is 28.9 Å². The zero-order valence-corrected chi connectivity index (χ0v) is 10.9. The third-order valence-electron chi connectivity index (χ3n) is 3.26. The lowest BCUT2D eigenvalue weighted by Crippen LogP contribution is -2.34. The molecule has 2 nitrogen and oxygen atoms in total. The van der Waals surface area contributed by atoms with Crippen molar-refractivity contribution in [2.75, 3.05) is 13.1 Å². The molecule has 1 heterocycles. The molecule has 1 atom stereocenters. The van der Waals surface area contributed by atoms with Gasteiger partial charge in [-0.3, -0.25) is 4.90 Å². The van der Waals surface area contributed by atoms with Crippen LogP contribution in [0.2, 0.25) is 10.0 Å². The Morgan fingerprint density at radius 3 is 2.82 bits per heavy atom. The number of nitrogens with two attached hydrogens (primary N) is 1. The molecule has 94 valence electrons. The molecule has 0 spiro atoms. The lowest BCUT2D eigenvalue weighted by molar-refractivity contribution is 0.250. The first-order valence-corrected chi connectivity index (χ1v) is 6.45. The van der Waals surface area contributed by atoms with Crippen molar-refractivity contribution >= 4 is 23.2 Å². The van der Waals surface area contributed by atoms with Crippen LogP contribution < -0.4 is 5.73 Å². The molecule has 1 aliphatic rings. The van der Waals surface area contributed by atoms with E-state index in [1.54, 1.807) is 6.07 Å². The topological polar surface area (TPSA) is 29.3 Å². The lowest BCUT2D eigenvalue weighted by Gasteiger charge is -2.23. The number of hydrogen-bond acceptors (Lipinski definition) is 2. The van der Waals surface area contributed by atoms with Gasteiger partial charge < -0.3 is 5.73 Å². The second-order valence-corrected chi connectivity index (χ2v) is 5.09. The average molecular weight is 277 g/mol. The molecular weight excluding hydrogens is 262 g/mol. The maximum Gasteiger partial charge on any atom is 0.143 e. The van der Waals surface area contributed by atoms with E-state index in [9.17, 15) is 4.39 Å². The van der Waals surface area contributed by atoms with Crippen LogP contribution in [-0.2, 0) is 6.54 Å². The van der Waals surface area contributed by atoms with Gasteiger partial charge in [-0.1, -0.05) is 29.3 Å². The Labute approximate surface area is 110 Å². The molecule has 0 aliphatic carbocycles. The van der Waals surface area contributed by atoms with Crippen LogP contribution in [0.25, 0.3) is 0 Å². The Morgan fingerprint density at radius 1 is 1.35 bits per heavy atom. The van der Waals surface area contributed by atoms with E-state index >= 15 is 0 Å². The molecule has 0 amide bonds. The van der Waals surface area contributed by atoms with E-state index in [1.807, 2.05) is 0 Å². The van der Waals surface area contributed by atoms with E-state index in [1.165, 1.54) is 6.07 Å². The largest absolute Gasteiger partial charge is 0.329 e. The fourth-order valence-electron chi connectivity index (χ4n) is 2.28.